The fourth-order valence-corrected chi connectivity index (χ4v) is 2.94. The Hall–Kier alpha value is -2.78. The molecule has 2 N–H and O–H groups in total. The number of aromatic nitrogens is 4. The minimum Gasteiger partial charge on any atom is -0.355 e. The van der Waals surface area contributed by atoms with Crippen LogP contribution in [-0.2, 0) is 19.5 Å². The molecule has 0 radical (unpaired) electrons. The molecule has 3 aromatic rings. The molecule has 0 atom stereocenters. The van der Waals surface area contributed by atoms with Crippen molar-refractivity contribution >= 4 is 46.4 Å². The summed E-state index contributed by atoms with van der Waals surface area (Å²) in [6.45, 7) is 0. The van der Waals surface area contributed by atoms with Crippen molar-refractivity contribution in [3.05, 3.63) is 71.3 Å². The van der Waals surface area contributed by atoms with Crippen LogP contribution in [0, 0.1) is 0 Å². The largest absolute Gasteiger partial charge is 2.00 e. The van der Waals surface area contributed by atoms with Crippen molar-refractivity contribution in [1.82, 2.24) is 19.9 Å². The van der Waals surface area contributed by atoms with E-state index in [9.17, 15) is 0 Å². The third kappa shape index (κ3) is 3.24. The first-order valence-corrected chi connectivity index (χ1v) is 7.85. The molecule has 25 heavy (non-hydrogen) atoms. The van der Waals surface area contributed by atoms with Gasteiger partial charge in [0.15, 0.2) is 0 Å². The second-order valence-electron chi connectivity index (χ2n) is 5.91. The normalized spacial score (nSPS) is 12.2. The van der Waals surface area contributed by atoms with E-state index in [1.54, 1.807) is 0 Å². The summed E-state index contributed by atoms with van der Waals surface area (Å²) >= 11 is 0. The monoisotopic (exact) mass is 412 g/mol. The van der Waals surface area contributed by atoms with Crippen LogP contribution in [0.1, 0.15) is 22.8 Å². The minimum atomic E-state index is 0. The van der Waals surface area contributed by atoms with E-state index >= 15 is 0 Å². The van der Waals surface area contributed by atoms with Gasteiger partial charge < -0.3 is 9.97 Å². The second-order valence-corrected chi connectivity index (χ2v) is 5.91. The molecule has 0 unspecified atom stereocenters. The Morgan fingerprint density at radius 1 is 0.480 bits per heavy atom. The Labute approximate surface area is 157 Å². The molecule has 5 heteroatoms. The predicted octanol–water partition coefficient (Wildman–Crippen LogP) is 4.65. The summed E-state index contributed by atoms with van der Waals surface area (Å²) in [4.78, 5) is 16.0. The van der Waals surface area contributed by atoms with Crippen molar-refractivity contribution in [3.8, 4) is 0 Å². The van der Waals surface area contributed by atoms with E-state index in [4.69, 9.17) is 0 Å². The van der Waals surface area contributed by atoms with Crippen molar-refractivity contribution < 1.29 is 19.5 Å². The van der Waals surface area contributed by atoms with Gasteiger partial charge in [0.1, 0.15) is 0 Å². The number of H-pyrrole nitrogens is 2. The van der Waals surface area contributed by atoms with Crippen LogP contribution in [0.4, 0.5) is 0 Å². The van der Waals surface area contributed by atoms with Gasteiger partial charge in [-0.3, -0.25) is 0 Å². The molecule has 3 aromatic heterocycles. The van der Waals surface area contributed by atoms with Gasteiger partial charge in [-0.2, -0.15) is 0 Å². The molecule has 0 amide bonds. The number of aromatic amines is 2. The maximum absolute atomic E-state index is 4.63. The molecule has 8 bridgehead atoms. The van der Waals surface area contributed by atoms with Gasteiger partial charge in [-0.15, -0.1) is 0 Å². The van der Waals surface area contributed by atoms with E-state index in [1.165, 1.54) is 0 Å². The van der Waals surface area contributed by atoms with Gasteiger partial charge >= 0.3 is 19.5 Å². The van der Waals surface area contributed by atoms with E-state index in [1.807, 2.05) is 48.6 Å². The summed E-state index contributed by atoms with van der Waals surface area (Å²) in [5.41, 5.74) is 7.86. The van der Waals surface area contributed by atoms with Crippen molar-refractivity contribution in [3.63, 3.8) is 0 Å². The quantitative estimate of drug-likeness (QED) is 0.365. The maximum Gasteiger partial charge on any atom is 2.00 e. The molecule has 0 aromatic carbocycles. The summed E-state index contributed by atoms with van der Waals surface area (Å²) in [5, 5.41) is 0. The number of nitrogens with zero attached hydrogens (tertiary/aromatic N) is 2. The number of fused-ring (bicyclic) bond motifs is 8. The van der Waals surface area contributed by atoms with E-state index in [0.717, 1.165) is 44.8 Å². The first-order chi connectivity index (χ1) is 11.8. The fraction of sp³-hybridized carbons (Fsp3) is 0. The van der Waals surface area contributed by atoms with Crippen molar-refractivity contribution in [1.29, 1.82) is 0 Å². The van der Waals surface area contributed by atoms with E-state index in [0.29, 0.717) is 0 Å². The average Bonchev–Trinajstić information content (AvgIpc) is 3.32. The Balaban J connectivity index is 0.00000157. The van der Waals surface area contributed by atoms with Crippen LogP contribution in [-0.4, -0.2) is 19.9 Å². The van der Waals surface area contributed by atoms with E-state index in [-0.39, 0.29) is 19.5 Å². The van der Waals surface area contributed by atoms with Crippen LogP contribution in [0.2, 0.25) is 0 Å². The van der Waals surface area contributed by atoms with Crippen LogP contribution in [0.15, 0.2) is 48.5 Å². The van der Waals surface area contributed by atoms with Gasteiger partial charge in [-0.05, 0) is 72.8 Å². The molecule has 2 aliphatic rings. The summed E-state index contributed by atoms with van der Waals surface area (Å²) in [6.07, 6.45) is 8.09. The maximum atomic E-state index is 4.63. The van der Waals surface area contributed by atoms with Crippen LogP contribution in [0.3, 0.4) is 0 Å². The van der Waals surface area contributed by atoms with Crippen molar-refractivity contribution in [2.24, 2.45) is 0 Å². The Morgan fingerprint density at radius 3 is 1.04 bits per heavy atom. The summed E-state index contributed by atoms with van der Waals surface area (Å²) < 4.78 is 0. The molecular formula is C20H14N4Ru+2. The Bertz CT molecular complexity index is 990. The van der Waals surface area contributed by atoms with E-state index in [2.05, 4.69) is 44.2 Å². The fourth-order valence-electron chi connectivity index (χ4n) is 2.94. The van der Waals surface area contributed by atoms with Gasteiger partial charge in [-0.1, -0.05) is 0 Å². The first-order valence-electron chi connectivity index (χ1n) is 7.85. The zero-order valence-corrected chi connectivity index (χ0v) is 14.9. The molecule has 0 fully saturated rings. The third-order valence-electron chi connectivity index (χ3n) is 4.04. The SMILES string of the molecule is C1=Cc2cc3ccc(cc4nc(cc5ccc(cc1n2)[nH]5)C=C4)[nH]3.[Ru+2]. The number of hydrogen-bond acceptors (Lipinski definition) is 2. The molecule has 120 valence electrons. The Morgan fingerprint density at radius 2 is 0.760 bits per heavy atom. The molecule has 0 saturated heterocycles. The van der Waals surface area contributed by atoms with Crippen LogP contribution in [0.25, 0.3) is 46.4 Å². The molecular weight excluding hydrogens is 397 g/mol. The van der Waals surface area contributed by atoms with Crippen LogP contribution in [0.5, 0.6) is 0 Å². The van der Waals surface area contributed by atoms with Crippen LogP contribution >= 0.6 is 0 Å². The number of rotatable bonds is 0. The van der Waals surface area contributed by atoms with Crippen molar-refractivity contribution in [2.45, 2.75) is 0 Å². The van der Waals surface area contributed by atoms with Crippen molar-refractivity contribution in [2.75, 3.05) is 0 Å². The second kappa shape index (κ2) is 6.26. The summed E-state index contributed by atoms with van der Waals surface area (Å²) in [6, 6.07) is 16.4. The number of nitrogens with one attached hydrogen (secondary N) is 2. The standard InChI is InChI=1S/C20H14N4.Ru/c1-2-14-10-16-5-6-18(23-16)12-20-8-7-19(24-20)11-17-4-3-15(22-17)9-13(1)21-14;/h1-12,21,24H;/q;+2. The van der Waals surface area contributed by atoms with E-state index < -0.39 is 0 Å². The summed E-state index contributed by atoms with van der Waals surface area (Å²) in [5.74, 6) is 0. The topological polar surface area (TPSA) is 57.4 Å². The van der Waals surface area contributed by atoms with Gasteiger partial charge in [0.25, 0.3) is 0 Å². The smallest absolute Gasteiger partial charge is 0.355 e. The molecule has 0 saturated carbocycles. The molecule has 2 aliphatic heterocycles. The van der Waals surface area contributed by atoms with Gasteiger partial charge in [-0.25, -0.2) is 9.97 Å². The summed E-state index contributed by atoms with van der Waals surface area (Å²) in [7, 11) is 0. The molecule has 0 aliphatic carbocycles. The Kier molecular flexibility index (Phi) is 3.94. The molecule has 5 rings (SSSR count). The first kappa shape index (κ1) is 15.7. The zero-order chi connectivity index (χ0) is 15.9. The van der Waals surface area contributed by atoms with Crippen LogP contribution < -0.4 is 0 Å². The molecule has 4 nitrogen and oxygen atoms in total. The van der Waals surface area contributed by atoms with Gasteiger partial charge in [0.2, 0.25) is 0 Å². The average molecular weight is 411 g/mol. The number of hydrogen-bond donors (Lipinski definition) is 2. The minimum absolute atomic E-state index is 0. The van der Waals surface area contributed by atoms with Gasteiger partial charge in [0.05, 0.1) is 22.8 Å². The predicted molar refractivity (Wildman–Crippen MR) is 98.9 cm³/mol. The molecule has 0 spiro atoms. The molecule has 5 heterocycles. The zero-order valence-electron chi connectivity index (χ0n) is 13.2. The van der Waals surface area contributed by atoms with Gasteiger partial charge in [0, 0.05) is 22.1 Å². The third-order valence-corrected chi connectivity index (χ3v) is 4.04.